The van der Waals surface area contributed by atoms with Crippen molar-refractivity contribution < 1.29 is 13.6 Å². The molecule has 0 N–H and O–H groups in total. The second-order valence-electron chi connectivity index (χ2n) is 9.53. The van der Waals surface area contributed by atoms with Gasteiger partial charge < -0.3 is 4.90 Å². The van der Waals surface area contributed by atoms with Crippen LogP contribution in [0.4, 0.5) is 8.78 Å². The van der Waals surface area contributed by atoms with Crippen molar-refractivity contribution in [3.05, 3.63) is 59.8 Å². The van der Waals surface area contributed by atoms with Crippen LogP contribution in [0, 0.1) is 17.0 Å². The third-order valence-corrected chi connectivity index (χ3v) is 7.79. The zero-order valence-corrected chi connectivity index (χ0v) is 18.9. The van der Waals surface area contributed by atoms with Crippen LogP contribution in [0.1, 0.15) is 50.8 Å². The number of carbonyl (C=O) groups excluding carboxylic acids is 1. The highest BCUT2D eigenvalue weighted by Crippen LogP contribution is 2.67. The van der Waals surface area contributed by atoms with Gasteiger partial charge in [-0.25, -0.2) is 18.4 Å². The average Bonchev–Trinajstić information content (AvgIpc) is 3.42. The minimum Gasteiger partial charge on any atom is -0.340 e. The van der Waals surface area contributed by atoms with Gasteiger partial charge in [0.2, 0.25) is 5.91 Å². The summed E-state index contributed by atoms with van der Waals surface area (Å²) in [5, 5.41) is 12.8. The lowest BCUT2D eigenvalue weighted by Crippen LogP contribution is -2.49. The first-order valence-electron chi connectivity index (χ1n) is 11.2. The number of likely N-dealkylation sites (N-methyl/N-ethyl adjacent to an activating group) is 1. The number of hydrogen-bond donors (Lipinski definition) is 0. The lowest BCUT2D eigenvalue weighted by atomic mass is 9.68. The molecule has 0 saturated heterocycles. The van der Waals surface area contributed by atoms with Gasteiger partial charge in [-0.2, -0.15) is 15.3 Å². The molecule has 2 aliphatic carbocycles. The van der Waals surface area contributed by atoms with Crippen LogP contribution in [-0.2, 0) is 16.8 Å². The topological polar surface area (TPSA) is 76.8 Å². The van der Waals surface area contributed by atoms with Crippen molar-refractivity contribution in [2.45, 2.75) is 51.5 Å². The monoisotopic (exact) mass is 452 g/mol. The lowest BCUT2D eigenvalue weighted by molar-refractivity contribution is -0.133. The minimum atomic E-state index is -0.655. The molecule has 1 saturated carbocycles. The van der Waals surface area contributed by atoms with Crippen LogP contribution >= 0.6 is 0 Å². The van der Waals surface area contributed by atoms with Crippen molar-refractivity contribution in [1.82, 2.24) is 29.9 Å². The van der Waals surface area contributed by atoms with Crippen LogP contribution in [0.25, 0.3) is 11.3 Å². The first-order valence-corrected chi connectivity index (χ1v) is 11.2. The van der Waals surface area contributed by atoms with E-state index < -0.39 is 11.6 Å². The van der Waals surface area contributed by atoms with E-state index in [1.807, 2.05) is 11.8 Å². The molecule has 1 amide bonds. The first kappa shape index (κ1) is 21.6. The van der Waals surface area contributed by atoms with Crippen LogP contribution in [0.15, 0.2) is 36.9 Å². The van der Waals surface area contributed by atoms with E-state index in [-0.39, 0.29) is 40.5 Å². The van der Waals surface area contributed by atoms with E-state index in [2.05, 4.69) is 34.1 Å². The van der Waals surface area contributed by atoms with Crippen molar-refractivity contribution >= 4 is 5.91 Å². The molecule has 2 atom stereocenters. The maximum Gasteiger partial charge on any atom is 0.244 e. The summed E-state index contributed by atoms with van der Waals surface area (Å²) in [5.41, 5.74) is 1.32. The van der Waals surface area contributed by atoms with E-state index in [1.165, 1.54) is 35.5 Å². The largest absolute Gasteiger partial charge is 0.340 e. The fraction of sp³-hybridized carbons (Fsp3) is 0.458. The molecule has 9 heteroatoms. The molecule has 7 nitrogen and oxygen atoms in total. The van der Waals surface area contributed by atoms with Gasteiger partial charge >= 0.3 is 0 Å². The Morgan fingerprint density at radius 3 is 2.67 bits per heavy atom. The summed E-state index contributed by atoms with van der Waals surface area (Å²) in [6, 6.07) is 5.59. The van der Waals surface area contributed by atoms with E-state index >= 15 is 0 Å². The van der Waals surface area contributed by atoms with Crippen LogP contribution in [0.5, 0.6) is 0 Å². The Morgan fingerprint density at radius 1 is 1.24 bits per heavy atom. The van der Waals surface area contributed by atoms with Crippen molar-refractivity contribution in [1.29, 1.82) is 0 Å². The fourth-order valence-electron chi connectivity index (χ4n) is 5.90. The van der Waals surface area contributed by atoms with Crippen LogP contribution < -0.4 is 0 Å². The molecule has 2 heterocycles. The molecule has 0 radical (unpaired) electrons. The summed E-state index contributed by atoms with van der Waals surface area (Å²) in [4.78, 5) is 18.8. The number of carbonyl (C=O) groups is 1. The summed E-state index contributed by atoms with van der Waals surface area (Å²) in [6.45, 7) is 7.54. The van der Waals surface area contributed by atoms with E-state index in [9.17, 15) is 13.6 Å². The zero-order chi connectivity index (χ0) is 23.4. The Kier molecular flexibility index (Phi) is 5.02. The number of halogens is 2. The molecule has 5 rings (SSSR count). The molecule has 1 fully saturated rings. The van der Waals surface area contributed by atoms with Crippen molar-refractivity contribution in [3.63, 3.8) is 0 Å². The molecular formula is C24H26F2N6O. The normalized spacial score (nSPS) is 22.4. The SMILES string of the molecule is CCN(C[C@@]12CC[C@@H](c3cc(-c4c(F)cccc4F)nnc31)C2(C)C)C(=O)Cn1cncn1. The van der Waals surface area contributed by atoms with Crippen LogP contribution in [0.3, 0.4) is 0 Å². The molecule has 0 aliphatic heterocycles. The van der Waals surface area contributed by atoms with Gasteiger partial charge in [-0.15, -0.1) is 0 Å². The summed E-state index contributed by atoms with van der Waals surface area (Å²) in [6.07, 6.45) is 4.75. The summed E-state index contributed by atoms with van der Waals surface area (Å²) in [7, 11) is 0. The van der Waals surface area contributed by atoms with Gasteiger partial charge in [0.15, 0.2) is 0 Å². The lowest BCUT2D eigenvalue weighted by Gasteiger charge is -2.41. The Bertz CT molecular complexity index is 1190. The van der Waals surface area contributed by atoms with E-state index in [1.54, 1.807) is 6.07 Å². The number of hydrogen-bond acceptors (Lipinski definition) is 5. The number of aromatic nitrogens is 5. The van der Waals surface area contributed by atoms with E-state index in [4.69, 9.17) is 0 Å². The predicted octanol–water partition coefficient (Wildman–Crippen LogP) is 3.72. The van der Waals surface area contributed by atoms with Crippen molar-refractivity contribution in [3.8, 4) is 11.3 Å². The van der Waals surface area contributed by atoms with E-state index in [0.717, 1.165) is 24.1 Å². The summed E-state index contributed by atoms with van der Waals surface area (Å²) < 4.78 is 30.3. The molecule has 0 unspecified atom stereocenters. The van der Waals surface area contributed by atoms with Crippen molar-refractivity contribution in [2.24, 2.45) is 5.41 Å². The van der Waals surface area contributed by atoms with Crippen LogP contribution in [0.2, 0.25) is 0 Å². The van der Waals surface area contributed by atoms with Gasteiger partial charge in [0, 0.05) is 18.5 Å². The number of fused-ring (bicyclic) bond motifs is 5. The van der Waals surface area contributed by atoms with Gasteiger partial charge in [0.25, 0.3) is 0 Å². The predicted molar refractivity (Wildman–Crippen MR) is 117 cm³/mol. The molecule has 2 bridgehead atoms. The molecule has 2 aromatic heterocycles. The molecular weight excluding hydrogens is 426 g/mol. The number of amides is 1. The highest BCUT2D eigenvalue weighted by atomic mass is 19.1. The molecule has 1 aromatic carbocycles. The standard InChI is InChI=1S/C24H26F2N6O/c1-4-31(20(33)11-32-14-27-13-28-32)12-24-9-8-16(23(24,2)3)15-10-19(29-30-22(15)24)21-17(25)6-5-7-18(21)26/h5-7,10,13-14,16H,4,8-9,11-12H2,1-3H3/t16-,24-/m0/s1. The Labute approximate surface area is 190 Å². The second kappa shape index (κ2) is 7.67. The highest BCUT2D eigenvalue weighted by Gasteiger charge is 2.64. The first-order chi connectivity index (χ1) is 15.8. The minimum absolute atomic E-state index is 0.0388. The number of benzene rings is 1. The number of rotatable bonds is 6. The molecule has 33 heavy (non-hydrogen) atoms. The maximum atomic E-state index is 14.4. The van der Waals surface area contributed by atoms with Gasteiger partial charge in [-0.05, 0) is 54.9 Å². The molecule has 172 valence electrons. The zero-order valence-electron chi connectivity index (χ0n) is 18.9. The Balaban J connectivity index is 1.52. The third kappa shape index (κ3) is 3.16. The van der Waals surface area contributed by atoms with E-state index in [0.29, 0.717) is 13.1 Å². The van der Waals surface area contributed by atoms with Gasteiger partial charge in [-0.1, -0.05) is 19.9 Å². The quantitative estimate of drug-likeness (QED) is 0.570. The Morgan fingerprint density at radius 2 is 2.00 bits per heavy atom. The molecule has 3 aromatic rings. The fourth-order valence-corrected chi connectivity index (χ4v) is 5.90. The van der Waals surface area contributed by atoms with Crippen LogP contribution in [-0.4, -0.2) is 48.9 Å². The average molecular weight is 453 g/mol. The maximum absolute atomic E-state index is 14.4. The molecule has 0 spiro atoms. The summed E-state index contributed by atoms with van der Waals surface area (Å²) >= 11 is 0. The van der Waals surface area contributed by atoms with Gasteiger partial charge in [0.05, 0.1) is 17.0 Å². The second-order valence-corrected chi connectivity index (χ2v) is 9.53. The van der Waals surface area contributed by atoms with Gasteiger partial charge in [-0.3, -0.25) is 4.79 Å². The highest BCUT2D eigenvalue weighted by molar-refractivity contribution is 5.76. The molecule has 2 aliphatic rings. The third-order valence-electron chi connectivity index (χ3n) is 7.79. The number of nitrogens with zero attached hydrogens (tertiary/aromatic N) is 6. The van der Waals surface area contributed by atoms with Crippen molar-refractivity contribution in [2.75, 3.05) is 13.1 Å². The smallest absolute Gasteiger partial charge is 0.244 e. The summed E-state index contributed by atoms with van der Waals surface area (Å²) in [5.74, 6) is -1.17. The Hall–Kier alpha value is -3.23. The van der Waals surface area contributed by atoms with Gasteiger partial charge in [0.1, 0.15) is 30.8 Å².